The summed E-state index contributed by atoms with van der Waals surface area (Å²) in [7, 11) is 0. The van der Waals surface area contributed by atoms with Crippen molar-refractivity contribution in [3.05, 3.63) is 38.4 Å². The summed E-state index contributed by atoms with van der Waals surface area (Å²) in [6.07, 6.45) is 0. The van der Waals surface area contributed by atoms with Gasteiger partial charge in [0, 0.05) is 5.39 Å². The average Bonchev–Trinajstić information content (AvgIpc) is 2.15. The summed E-state index contributed by atoms with van der Waals surface area (Å²) in [5.74, 6) is 0. The van der Waals surface area contributed by atoms with Gasteiger partial charge in [0.25, 0.3) is 0 Å². The molecule has 2 aromatic rings. The molecule has 0 bridgehead atoms. The Balaban J connectivity index is 2.89. The number of fused-ring (bicyclic) bond motifs is 1. The highest BCUT2D eigenvalue weighted by Crippen LogP contribution is 2.31. The molecule has 0 radical (unpaired) electrons. The van der Waals surface area contributed by atoms with Crippen LogP contribution in [0.15, 0.2) is 22.7 Å². The van der Waals surface area contributed by atoms with Crippen LogP contribution in [0.25, 0.3) is 10.9 Å². The zero-order valence-electron chi connectivity index (χ0n) is 7.31. The van der Waals surface area contributed by atoms with Crippen molar-refractivity contribution < 1.29 is 0 Å². The molecule has 4 heteroatoms. The molecule has 0 spiro atoms. The molecule has 0 unspecified atom stereocenters. The van der Waals surface area contributed by atoms with Crippen molar-refractivity contribution in [2.75, 3.05) is 0 Å². The Bertz CT molecular complexity index is 511. The van der Waals surface area contributed by atoms with Crippen LogP contribution in [0.2, 0.25) is 10.2 Å². The van der Waals surface area contributed by atoms with Gasteiger partial charge in [-0.1, -0.05) is 29.3 Å². The number of halogens is 3. The van der Waals surface area contributed by atoms with Gasteiger partial charge in [0.05, 0.1) is 15.0 Å². The number of aromatic nitrogens is 1. The van der Waals surface area contributed by atoms with Gasteiger partial charge in [-0.2, -0.15) is 0 Å². The van der Waals surface area contributed by atoms with Crippen LogP contribution < -0.4 is 0 Å². The maximum atomic E-state index is 5.95. The summed E-state index contributed by atoms with van der Waals surface area (Å²) in [6.45, 7) is 1.93. The van der Waals surface area contributed by atoms with Gasteiger partial charge in [-0.05, 0) is 40.5 Å². The van der Waals surface area contributed by atoms with Crippen molar-refractivity contribution in [1.82, 2.24) is 4.98 Å². The predicted molar refractivity (Wildman–Crippen MR) is 64.2 cm³/mol. The molecule has 0 amide bonds. The minimum Gasteiger partial charge on any atom is -0.235 e. The third-order valence-corrected chi connectivity index (χ3v) is 3.74. The number of hydrogen-bond donors (Lipinski definition) is 0. The number of nitrogens with zero attached hydrogens (tertiary/aromatic N) is 1. The minimum atomic E-state index is 0.514. The zero-order valence-corrected chi connectivity index (χ0v) is 10.4. The molecule has 0 atom stereocenters. The van der Waals surface area contributed by atoms with E-state index in [1.807, 2.05) is 25.1 Å². The maximum absolute atomic E-state index is 5.95. The second kappa shape index (κ2) is 3.69. The van der Waals surface area contributed by atoms with E-state index in [0.29, 0.717) is 10.2 Å². The molecule has 0 aliphatic carbocycles. The van der Waals surface area contributed by atoms with Crippen LogP contribution in [0.4, 0.5) is 0 Å². The lowest BCUT2D eigenvalue weighted by atomic mass is 10.2. The van der Waals surface area contributed by atoms with Crippen molar-refractivity contribution in [1.29, 1.82) is 0 Å². The van der Waals surface area contributed by atoms with Gasteiger partial charge in [0.15, 0.2) is 0 Å². The third-order valence-electron chi connectivity index (χ3n) is 2.01. The summed E-state index contributed by atoms with van der Waals surface area (Å²) in [5.41, 5.74) is 1.77. The fraction of sp³-hybridized carbons (Fsp3) is 0.100. The maximum Gasteiger partial charge on any atom is 0.132 e. The van der Waals surface area contributed by atoms with E-state index >= 15 is 0 Å². The first-order chi connectivity index (χ1) is 6.59. The summed E-state index contributed by atoms with van der Waals surface area (Å²) >= 11 is 15.3. The smallest absolute Gasteiger partial charge is 0.132 e. The molecule has 1 heterocycles. The van der Waals surface area contributed by atoms with Gasteiger partial charge in [-0.3, -0.25) is 0 Å². The number of pyridine rings is 1. The molecule has 1 aromatic carbocycles. The molecule has 0 N–H and O–H groups in total. The SMILES string of the molecule is Cc1cc2ccc(Cl)c(Br)c2nc1Cl. The number of benzene rings is 1. The number of hydrogen-bond acceptors (Lipinski definition) is 1. The molecule has 0 saturated heterocycles. The Labute approximate surface area is 100 Å². The third kappa shape index (κ3) is 1.62. The van der Waals surface area contributed by atoms with E-state index in [9.17, 15) is 0 Å². The molecule has 0 aliphatic heterocycles. The van der Waals surface area contributed by atoms with Crippen LogP contribution >= 0.6 is 39.1 Å². The number of aryl methyl sites for hydroxylation is 1. The van der Waals surface area contributed by atoms with Crippen molar-refractivity contribution >= 4 is 50.0 Å². The Morgan fingerprint density at radius 1 is 1.29 bits per heavy atom. The molecule has 1 aromatic heterocycles. The van der Waals surface area contributed by atoms with Crippen molar-refractivity contribution in [2.24, 2.45) is 0 Å². The largest absolute Gasteiger partial charge is 0.235 e. The minimum absolute atomic E-state index is 0.514. The van der Waals surface area contributed by atoms with Gasteiger partial charge in [0.2, 0.25) is 0 Å². The molecule has 0 fully saturated rings. The van der Waals surface area contributed by atoms with Crippen molar-refractivity contribution in [3.63, 3.8) is 0 Å². The van der Waals surface area contributed by atoms with E-state index in [1.54, 1.807) is 0 Å². The fourth-order valence-electron chi connectivity index (χ4n) is 1.26. The van der Waals surface area contributed by atoms with Crippen molar-refractivity contribution in [2.45, 2.75) is 6.92 Å². The Morgan fingerprint density at radius 3 is 2.71 bits per heavy atom. The van der Waals surface area contributed by atoms with Crippen LogP contribution in [0.3, 0.4) is 0 Å². The number of rotatable bonds is 0. The Kier molecular flexibility index (Phi) is 2.69. The monoisotopic (exact) mass is 289 g/mol. The lowest BCUT2D eigenvalue weighted by molar-refractivity contribution is 1.33. The zero-order chi connectivity index (χ0) is 10.3. The van der Waals surface area contributed by atoms with E-state index in [2.05, 4.69) is 20.9 Å². The normalized spacial score (nSPS) is 10.9. The molecular formula is C10H6BrCl2N. The lowest BCUT2D eigenvalue weighted by Gasteiger charge is -2.04. The van der Waals surface area contributed by atoms with E-state index in [-0.39, 0.29) is 0 Å². The Hall–Kier alpha value is -0.310. The highest BCUT2D eigenvalue weighted by molar-refractivity contribution is 9.10. The lowest BCUT2D eigenvalue weighted by Crippen LogP contribution is -1.85. The molecule has 72 valence electrons. The Morgan fingerprint density at radius 2 is 2.00 bits per heavy atom. The van der Waals surface area contributed by atoms with Crippen LogP contribution in [0.5, 0.6) is 0 Å². The van der Waals surface area contributed by atoms with Gasteiger partial charge < -0.3 is 0 Å². The average molecular weight is 291 g/mol. The molecule has 0 saturated carbocycles. The van der Waals surface area contributed by atoms with Gasteiger partial charge >= 0.3 is 0 Å². The molecule has 1 nitrogen and oxygen atoms in total. The van der Waals surface area contributed by atoms with Gasteiger partial charge in [0.1, 0.15) is 5.15 Å². The van der Waals surface area contributed by atoms with Crippen LogP contribution in [-0.4, -0.2) is 4.98 Å². The van der Waals surface area contributed by atoms with E-state index in [1.165, 1.54) is 0 Å². The van der Waals surface area contributed by atoms with Gasteiger partial charge in [-0.25, -0.2) is 4.98 Å². The standard InChI is InChI=1S/C10H6BrCl2N/c1-5-4-6-2-3-7(12)8(11)9(6)14-10(5)13/h2-4H,1H3. The molecular weight excluding hydrogens is 285 g/mol. The summed E-state index contributed by atoms with van der Waals surface area (Å²) in [6, 6.07) is 5.76. The quantitative estimate of drug-likeness (QED) is 0.646. The summed E-state index contributed by atoms with van der Waals surface area (Å²) in [5, 5.41) is 2.19. The fourth-order valence-corrected chi connectivity index (χ4v) is 2.01. The topological polar surface area (TPSA) is 12.9 Å². The van der Waals surface area contributed by atoms with Crippen LogP contribution in [0.1, 0.15) is 5.56 Å². The first kappa shape index (κ1) is 10.2. The van der Waals surface area contributed by atoms with E-state index in [0.717, 1.165) is 20.9 Å². The first-order valence-electron chi connectivity index (χ1n) is 4.00. The van der Waals surface area contributed by atoms with E-state index in [4.69, 9.17) is 23.2 Å². The second-order valence-electron chi connectivity index (χ2n) is 3.03. The summed E-state index contributed by atoms with van der Waals surface area (Å²) in [4.78, 5) is 4.27. The predicted octanol–water partition coefficient (Wildman–Crippen LogP) is 4.61. The molecule has 0 aliphatic rings. The highest BCUT2D eigenvalue weighted by Gasteiger charge is 2.07. The van der Waals surface area contributed by atoms with Crippen LogP contribution in [0, 0.1) is 6.92 Å². The van der Waals surface area contributed by atoms with E-state index < -0.39 is 0 Å². The molecule has 2 rings (SSSR count). The van der Waals surface area contributed by atoms with Gasteiger partial charge in [-0.15, -0.1) is 0 Å². The van der Waals surface area contributed by atoms with Crippen molar-refractivity contribution in [3.8, 4) is 0 Å². The molecule has 14 heavy (non-hydrogen) atoms. The van der Waals surface area contributed by atoms with Crippen LogP contribution in [-0.2, 0) is 0 Å². The first-order valence-corrected chi connectivity index (χ1v) is 5.55. The summed E-state index contributed by atoms with van der Waals surface area (Å²) < 4.78 is 0.790. The second-order valence-corrected chi connectivity index (χ2v) is 4.59. The highest BCUT2D eigenvalue weighted by atomic mass is 79.9.